The maximum atomic E-state index is 10.4. The average Bonchev–Trinajstić information content (AvgIpc) is 2.36. The Hall–Kier alpha value is -1.42. The maximum Gasteiger partial charge on any atom is 0.203 e. The van der Waals surface area contributed by atoms with Crippen molar-refractivity contribution in [3.05, 3.63) is 17.7 Å². The number of methoxy groups -OCH3 is 3. The normalized spacial score (nSPS) is 14.1. The Morgan fingerprint density at radius 3 is 1.84 bits per heavy atom. The van der Waals surface area contributed by atoms with Crippen LogP contribution in [0, 0.1) is 5.92 Å². The van der Waals surface area contributed by atoms with Crippen molar-refractivity contribution in [2.75, 3.05) is 21.3 Å². The first-order valence-electron chi connectivity index (χ1n) is 6.37. The highest BCUT2D eigenvalue weighted by atomic mass is 16.5. The molecule has 1 N–H and O–H groups in total. The summed E-state index contributed by atoms with van der Waals surface area (Å²) in [5.74, 6) is 1.94. The fourth-order valence-electron chi connectivity index (χ4n) is 1.85. The van der Waals surface area contributed by atoms with Crippen molar-refractivity contribution in [2.24, 2.45) is 5.92 Å². The molecule has 1 atom stereocenters. The summed E-state index contributed by atoms with van der Waals surface area (Å²) >= 11 is 0. The second-order valence-electron chi connectivity index (χ2n) is 5.22. The number of hydrogen-bond acceptors (Lipinski definition) is 4. The highest BCUT2D eigenvalue weighted by molar-refractivity contribution is 5.54. The van der Waals surface area contributed by atoms with E-state index in [0.29, 0.717) is 23.7 Å². The Morgan fingerprint density at radius 1 is 1.05 bits per heavy atom. The molecule has 0 spiro atoms. The van der Waals surface area contributed by atoms with Crippen LogP contribution in [0.3, 0.4) is 0 Å². The van der Waals surface area contributed by atoms with Gasteiger partial charge in [0.05, 0.1) is 26.9 Å². The maximum absolute atomic E-state index is 10.4. The molecule has 0 bridgehead atoms. The molecule has 4 heteroatoms. The topological polar surface area (TPSA) is 47.9 Å². The molecule has 1 aromatic carbocycles. The van der Waals surface area contributed by atoms with Gasteiger partial charge in [0.15, 0.2) is 11.5 Å². The first-order chi connectivity index (χ1) is 8.85. The summed E-state index contributed by atoms with van der Waals surface area (Å²) in [6.45, 7) is 5.83. The molecule has 1 unspecified atom stereocenters. The van der Waals surface area contributed by atoms with E-state index in [1.54, 1.807) is 21.3 Å². The summed E-state index contributed by atoms with van der Waals surface area (Å²) in [7, 11) is 4.74. The molecular formula is C15H24O4. The van der Waals surface area contributed by atoms with Crippen LogP contribution in [0.5, 0.6) is 17.2 Å². The third kappa shape index (κ3) is 3.53. The molecule has 0 heterocycles. The molecule has 0 fully saturated rings. The smallest absolute Gasteiger partial charge is 0.203 e. The lowest BCUT2D eigenvalue weighted by Gasteiger charge is -2.28. The van der Waals surface area contributed by atoms with Gasteiger partial charge >= 0.3 is 0 Å². The van der Waals surface area contributed by atoms with Gasteiger partial charge in [-0.15, -0.1) is 0 Å². The zero-order valence-corrected chi connectivity index (χ0v) is 12.6. The Labute approximate surface area is 115 Å². The Morgan fingerprint density at radius 2 is 1.53 bits per heavy atom. The molecule has 0 amide bonds. The summed E-state index contributed by atoms with van der Waals surface area (Å²) in [4.78, 5) is 0. The fraction of sp³-hybridized carbons (Fsp3) is 0.600. The zero-order chi connectivity index (χ0) is 14.6. The number of aliphatic hydroxyl groups is 1. The molecule has 0 aliphatic heterocycles. The molecule has 0 radical (unpaired) electrons. The van der Waals surface area contributed by atoms with Crippen molar-refractivity contribution in [3.63, 3.8) is 0 Å². The van der Waals surface area contributed by atoms with E-state index in [1.165, 1.54) is 0 Å². The molecule has 1 rings (SSSR count). The number of ether oxygens (including phenoxy) is 3. The van der Waals surface area contributed by atoms with Crippen LogP contribution in [-0.4, -0.2) is 32.0 Å². The molecule has 0 saturated carbocycles. The standard InChI is InChI=1S/C15H24O4/c1-10(2)15(3,16)9-11-7-12(17-4)14(19-6)13(8-11)18-5/h7-8,10,16H,9H2,1-6H3. The van der Waals surface area contributed by atoms with Crippen LogP contribution in [0.1, 0.15) is 26.3 Å². The molecule has 0 saturated heterocycles. The van der Waals surface area contributed by atoms with Gasteiger partial charge in [-0.3, -0.25) is 0 Å². The average molecular weight is 268 g/mol. The van der Waals surface area contributed by atoms with Crippen molar-refractivity contribution in [2.45, 2.75) is 32.8 Å². The lowest BCUT2D eigenvalue weighted by Crippen LogP contribution is -2.33. The molecule has 4 nitrogen and oxygen atoms in total. The third-order valence-electron chi connectivity index (χ3n) is 3.53. The minimum Gasteiger partial charge on any atom is -0.493 e. The summed E-state index contributed by atoms with van der Waals surface area (Å²) in [5.41, 5.74) is 0.179. The predicted molar refractivity (Wildman–Crippen MR) is 75.3 cm³/mol. The van der Waals surface area contributed by atoms with Crippen molar-refractivity contribution in [1.82, 2.24) is 0 Å². The number of rotatable bonds is 6. The van der Waals surface area contributed by atoms with Gasteiger partial charge in [0, 0.05) is 6.42 Å². The molecule has 0 aliphatic rings. The highest BCUT2D eigenvalue weighted by Gasteiger charge is 2.26. The monoisotopic (exact) mass is 268 g/mol. The van der Waals surface area contributed by atoms with Crippen LogP contribution >= 0.6 is 0 Å². The summed E-state index contributed by atoms with van der Waals surface area (Å²) in [6, 6.07) is 3.75. The van der Waals surface area contributed by atoms with E-state index in [4.69, 9.17) is 14.2 Å². The zero-order valence-electron chi connectivity index (χ0n) is 12.6. The van der Waals surface area contributed by atoms with Crippen LogP contribution < -0.4 is 14.2 Å². The van der Waals surface area contributed by atoms with E-state index in [-0.39, 0.29) is 5.92 Å². The molecule has 19 heavy (non-hydrogen) atoms. The lowest BCUT2D eigenvalue weighted by atomic mass is 9.86. The predicted octanol–water partition coefficient (Wildman–Crippen LogP) is 2.66. The SMILES string of the molecule is COc1cc(CC(C)(O)C(C)C)cc(OC)c1OC. The first-order valence-corrected chi connectivity index (χ1v) is 6.37. The molecule has 0 aromatic heterocycles. The van der Waals surface area contributed by atoms with E-state index >= 15 is 0 Å². The third-order valence-corrected chi connectivity index (χ3v) is 3.53. The van der Waals surface area contributed by atoms with Gasteiger partial charge in [-0.05, 0) is 30.5 Å². The highest BCUT2D eigenvalue weighted by Crippen LogP contribution is 2.39. The summed E-state index contributed by atoms with van der Waals surface area (Å²) in [6.07, 6.45) is 0.529. The van der Waals surface area contributed by atoms with Crippen molar-refractivity contribution in [3.8, 4) is 17.2 Å². The largest absolute Gasteiger partial charge is 0.493 e. The van der Waals surface area contributed by atoms with Gasteiger partial charge in [-0.1, -0.05) is 13.8 Å². The van der Waals surface area contributed by atoms with Crippen LogP contribution in [-0.2, 0) is 6.42 Å². The summed E-state index contributed by atoms with van der Waals surface area (Å²) in [5, 5.41) is 10.4. The molecule has 108 valence electrons. The molecule has 1 aromatic rings. The van der Waals surface area contributed by atoms with Crippen LogP contribution in [0.2, 0.25) is 0 Å². The van der Waals surface area contributed by atoms with E-state index in [0.717, 1.165) is 5.56 Å². The minimum atomic E-state index is -0.773. The van der Waals surface area contributed by atoms with E-state index < -0.39 is 5.60 Å². The van der Waals surface area contributed by atoms with Gasteiger partial charge in [0.1, 0.15) is 0 Å². The van der Waals surface area contributed by atoms with Crippen molar-refractivity contribution >= 4 is 0 Å². The summed E-state index contributed by atoms with van der Waals surface area (Å²) < 4.78 is 15.9. The Bertz CT molecular complexity index is 399. The van der Waals surface area contributed by atoms with Crippen LogP contribution in [0.25, 0.3) is 0 Å². The lowest BCUT2D eigenvalue weighted by molar-refractivity contribution is 0.0139. The van der Waals surface area contributed by atoms with E-state index in [1.807, 2.05) is 32.9 Å². The van der Waals surface area contributed by atoms with Gasteiger partial charge in [-0.2, -0.15) is 0 Å². The Balaban J connectivity index is 3.16. The quantitative estimate of drug-likeness (QED) is 0.861. The van der Waals surface area contributed by atoms with Gasteiger partial charge in [0.2, 0.25) is 5.75 Å². The van der Waals surface area contributed by atoms with Gasteiger partial charge in [0.25, 0.3) is 0 Å². The minimum absolute atomic E-state index is 0.159. The van der Waals surface area contributed by atoms with Crippen molar-refractivity contribution < 1.29 is 19.3 Å². The van der Waals surface area contributed by atoms with E-state index in [9.17, 15) is 5.11 Å². The van der Waals surface area contributed by atoms with Crippen LogP contribution in [0.15, 0.2) is 12.1 Å². The van der Waals surface area contributed by atoms with Crippen molar-refractivity contribution in [1.29, 1.82) is 0 Å². The number of hydrogen-bond donors (Lipinski definition) is 1. The molecular weight excluding hydrogens is 244 g/mol. The number of benzene rings is 1. The fourth-order valence-corrected chi connectivity index (χ4v) is 1.85. The first kappa shape index (κ1) is 15.6. The van der Waals surface area contributed by atoms with Crippen LogP contribution in [0.4, 0.5) is 0 Å². The molecule has 0 aliphatic carbocycles. The Kier molecular flexibility index (Phi) is 5.06. The van der Waals surface area contributed by atoms with Gasteiger partial charge < -0.3 is 19.3 Å². The van der Waals surface area contributed by atoms with E-state index in [2.05, 4.69) is 0 Å². The second kappa shape index (κ2) is 6.15. The second-order valence-corrected chi connectivity index (χ2v) is 5.22. The van der Waals surface area contributed by atoms with Gasteiger partial charge in [-0.25, -0.2) is 0 Å².